The van der Waals surface area contributed by atoms with Crippen molar-refractivity contribution in [3.63, 3.8) is 0 Å². The molecule has 0 spiro atoms. The molecule has 0 unspecified atom stereocenters. The maximum absolute atomic E-state index is 13.5. The Kier molecular flexibility index (Phi) is 5.09. The quantitative estimate of drug-likeness (QED) is 0.839. The van der Waals surface area contributed by atoms with Gasteiger partial charge in [0.25, 0.3) is 5.91 Å². The van der Waals surface area contributed by atoms with E-state index in [1.165, 1.54) is 17.4 Å². The number of halogens is 2. The molecule has 1 aromatic carbocycles. The SMILES string of the molecule is CC(C)c1nnc(NC(=S)NC(=O)c2c(F)cccc2F)s1. The summed E-state index contributed by atoms with van der Waals surface area (Å²) in [6.07, 6.45) is 0. The Bertz CT molecular complexity index is 698. The van der Waals surface area contributed by atoms with Crippen LogP contribution in [-0.4, -0.2) is 21.2 Å². The van der Waals surface area contributed by atoms with Crippen molar-refractivity contribution < 1.29 is 13.6 Å². The smallest absolute Gasteiger partial charge is 0.263 e. The highest BCUT2D eigenvalue weighted by Crippen LogP contribution is 2.22. The van der Waals surface area contributed by atoms with Crippen LogP contribution in [0.1, 0.15) is 35.1 Å². The second kappa shape index (κ2) is 6.84. The summed E-state index contributed by atoms with van der Waals surface area (Å²) in [6.45, 7) is 3.93. The van der Waals surface area contributed by atoms with Gasteiger partial charge in [-0.25, -0.2) is 8.78 Å². The lowest BCUT2D eigenvalue weighted by Crippen LogP contribution is -2.35. The topological polar surface area (TPSA) is 66.9 Å². The average molecular weight is 342 g/mol. The molecule has 2 N–H and O–H groups in total. The van der Waals surface area contributed by atoms with Gasteiger partial charge in [0, 0.05) is 5.92 Å². The van der Waals surface area contributed by atoms with E-state index in [4.69, 9.17) is 12.2 Å². The van der Waals surface area contributed by atoms with Gasteiger partial charge in [0.05, 0.1) is 0 Å². The number of amides is 1. The van der Waals surface area contributed by atoms with E-state index in [-0.39, 0.29) is 11.0 Å². The Balaban J connectivity index is 2.04. The van der Waals surface area contributed by atoms with Gasteiger partial charge < -0.3 is 5.32 Å². The zero-order valence-electron chi connectivity index (χ0n) is 11.7. The molecule has 2 aromatic rings. The highest BCUT2D eigenvalue weighted by molar-refractivity contribution is 7.80. The molecule has 5 nitrogen and oxygen atoms in total. The third kappa shape index (κ3) is 3.80. The van der Waals surface area contributed by atoms with E-state index in [2.05, 4.69) is 20.8 Å². The Morgan fingerprint density at radius 2 is 1.91 bits per heavy atom. The third-order valence-electron chi connectivity index (χ3n) is 2.57. The number of hydrogen-bond donors (Lipinski definition) is 2. The van der Waals surface area contributed by atoms with Gasteiger partial charge >= 0.3 is 0 Å². The van der Waals surface area contributed by atoms with Gasteiger partial charge in [-0.15, -0.1) is 10.2 Å². The van der Waals surface area contributed by atoms with Crippen LogP contribution in [0.3, 0.4) is 0 Å². The average Bonchev–Trinajstić information content (AvgIpc) is 2.86. The zero-order valence-corrected chi connectivity index (χ0v) is 13.3. The molecule has 0 atom stereocenters. The summed E-state index contributed by atoms with van der Waals surface area (Å²) in [7, 11) is 0. The molecule has 0 aliphatic rings. The Labute approximate surface area is 134 Å². The van der Waals surface area contributed by atoms with Gasteiger partial charge in [-0.05, 0) is 24.4 Å². The standard InChI is InChI=1S/C13H12F2N4OS2/c1-6(2)11-18-19-13(22-11)17-12(21)16-10(20)9-7(14)4-3-5-8(9)15/h3-6H,1-2H3,(H2,16,17,19,20,21). The normalized spacial score (nSPS) is 10.6. The highest BCUT2D eigenvalue weighted by Gasteiger charge is 2.18. The molecule has 0 fully saturated rings. The van der Waals surface area contributed by atoms with Crippen LogP contribution < -0.4 is 10.6 Å². The van der Waals surface area contributed by atoms with Gasteiger partial charge in [0.1, 0.15) is 22.2 Å². The molecule has 9 heteroatoms. The summed E-state index contributed by atoms with van der Waals surface area (Å²) in [5, 5.41) is 13.8. The predicted octanol–water partition coefficient (Wildman–Crippen LogP) is 3.07. The molecular weight excluding hydrogens is 330 g/mol. The maximum atomic E-state index is 13.5. The minimum Gasteiger partial charge on any atom is -0.307 e. The first kappa shape index (κ1) is 16.4. The molecule has 116 valence electrons. The third-order valence-corrected chi connectivity index (χ3v) is 3.92. The summed E-state index contributed by atoms with van der Waals surface area (Å²) in [5.74, 6) is -2.68. The number of thiocarbonyl (C=S) groups is 1. The molecule has 0 saturated carbocycles. The fourth-order valence-electron chi connectivity index (χ4n) is 1.53. The van der Waals surface area contributed by atoms with Crippen LogP contribution in [0.25, 0.3) is 0 Å². The van der Waals surface area contributed by atoms with Crippen LogP contribution in [0, 0.1) is 11.6 Å². The minimum atomic E-state index is -0.971. The van der Waals surface area contributed by atoms with Gasteiger partial charge in [-0.2, -0.15) is 0 Å². The van der Waals surface area contributed by atoms with Crippen molar-refractivity contribution in [1.29, 1.82) is 0 Å². The first-order valence-electron chi connectivity index (χ1n) is 6.28. The van der Waals surface area contributed by atoms with Crippen molar-refractivity contribution in [3.8, 4) is 0 Å². The van der Waals surface area contributed by atoms with Crippen LogP contribution in [0.5, 0.6) is 0 Å². The molecule has 22 heavy (non-hydrogen) atoms. The highest BCUT2D eigenvalue weighted by atomic mass is 32.1. The molecule has 1 heterocycles. The zero-order chi connectivity index (χ0) is 16.3. The van der Waals surface area contributed by atoms with Crippen LogP contribution in [0.4, 0.5) is 13.9 Å². The summed E-state index contributed by atoms with van der Waals surface area (Å²) < 4.78 is 27.0. The number of hydrogen-bond acceptors (Lipinski definition) is 5. The van der Waals surface area contributed by atoms with Crippen molar-refractivity contribution in [2.24, 2.45) is 0 Å². The number of benzene rings is 1. The van der Waals surface area contributed by atoms with E-state index in [9.17, 15) is 13.6 Å². The number of aromatic nitrogens is 2. The van der Waals surface area contributed by atoms with Crippen LogP contribution in [0.2, 0.25) is 0 Å². The molecule has 2 rings (SSSR count). The number of nitrogens with zero attached hydrogens (tertiary/aromatic N) is 2. The van der Waals surface area contributed by atoms with E-state index in [0.717, 1.165) is 17.1 Å². The Morgan fingerprint density at radius 3 is 2.45 bits per heavy atom. The monoisotopic (exact) mass is 342 g/mol. The Morgan fingerprint density at radius 1 is 1.27 bits per heavy atom. The largest absolute Gasteiger partial charge is 0.307 e. The Hall–Kier alpha value is -2.00. The van der Waals surface area contributed by atoms with Gasteiger partial charge in [-0.1, -0.05) is 31.3 Å². The van der Waals surface area contributed by atoms with E-state index in [1.807, 2.05) is 13.8 Å². The predicted molar refractivity (Wildman–Crippen MR) is 84.0 cm³/mol. The summed E-state index contributed by atoms with van der Waals surface area (Å²) in [4.78, 5) is 11.8. The lowest BCUT2D eigenvalue weighted by Gasteiger charge is -2.08. The van der Waals surface area contributed by atoms with Crippen LogP contribution in [0.15, 0.2) is 18.2 Å². The molecular formula is C13H12F2N4OS2. The fourth-order valence-corrected chi connectivity index (χ4v) is 2.53. The fraction of sp³-hybridized carbons (Fsp3) is 0.231. The number of rotatable bonds is 3. The van der Waals surface area contributed by atoms with Gasteiger partial charge in [0.15, 0.2) is 5.11 Å². The lowest BCUT2D eigenvalue weighted by molar-refractivity contribution is 0.0969. The second-order valence-corrected chi connectivity index (χ2v) is 6.02. The van der Waals surface area contributed by atoms with Crippen molar-refractivity contribution in [1.82, 2.24) is 15.5 Å². The van der Waals surface area contributed by atoms with Crippen molar-refractivity contribution in [3.05, 3.63) is 40.4 Å². The van der Waals surface area contributed by atoms with E-state index in [0.29, 0.717) is 5.13 Å². The summed E-state index contributed by atoms with van der Waals surface area (Å²) in [6, 6.07) is 3.16. The van der Waals surface area contributed by atoms with Crippen LogP contribution >= 0.6 is 23.6 Å². The first-order chi connectivity index (χ1) is 10.4. The number of anilines is 1. The molecule has 0 saturated heterocycles. The van der Waals surface area contributed by atoms with Crippen molar-refractivity contribution in [2.45, 2.75) is 19.8 Å². The molecule has 0 bridgehead atoms. The maximum Gasteiger partial charge on any atom is 0.263 e. The number of carbonyl (C=O) groups excluding carboxylic acids is 1. The van der Waals surface area contributed by atoms with E-state index in [1.54, 1.807) is 0 Å². The van der Waals surface area contributed by atoms with E-state index >= 15 is 0 Å². The molecule has 1 amide bonds. The summed E-state index contributed by atoms with van der Waals surface area (Å²) in [5.41, 5.74) is -0.688. The van der Waals surface area contributed by atoms with E-state index < -0.39 is 23.1 Å². The second-order valence-electron chi connectivity index (χ2n) is 4.61. The van der Waals surface area contributed by atoms with Crippen LogP contribution in [-0.2, 0) is 0 Å². The minimum absolute atomic E-state index is 0.112. The molecule has 0 aliphatic carbocycles. The summed E-state index contributed by atoms with van der Waals surface area (Å²) >= 11 is 6.20. The first-order valence-corrected chi connectivity index (χ1v) is 7.50. The molecule has 1 aromatic heterocycles. The van der Waals surface area contributed by atoms with Crippen molar-refractivity contribution in [2.75, 3.05) is 5.32 Å². The van der Waals surface area contributed by atoms with Gasteiger partial charge in [0.2, 0.25) is 5.13 Å². The van der Waals surface area contributed by atoms with Gasteiger partial charge in [-0.3, -0.25) is 10.1 Å². The lowest BCUT2D eigenvalue weighted by atomic mass is 10.2. The molecule has 0 aliphatic heterocycles. The number of nitrogens with one attached hydrogen (secondary N) is 2. The molecule has 0 radical (unpaired) electrons. The van der Waals surface area contributed by atoms with Crippen molar-refractivity contribution >= 4 is 39.7 Å². The number of carbonyl (C=O) groups is 1.